The molecule has 0 radical (unpaired) electrons. The predicted octanol–water partition coefficient (Wildman–Crippen LogP) is 1.26. The van der Waals surface area contributed by atoms with E-state index in [9.17, 15) is 0 Å². The van der Waals surface area contributed by atoms with Crippen molar-refractivity contribution in [1.82, 2.24) is 10.2 Å². The third kappa shape index (κ3) is 1.61. The molecular weight excluding hydrogens is 174 g/mol. The van der Waals surface area contributed by atoms with E-state index in [0.717, 1.165) is 22.9 Å². The van der Waals surface area contributed by atoms with Crippen molar-refractivity contribution in [3.63, 3.8) is 0 Å². The van der Waals surface area contributed by atoms with Crippen LogP contribution in [0.3, 0.4) is 0 Å². The monoisotopic (exact) mass is 185 g/mol. The van der Waals surface area contributed by atoms with E-state index < -0.39 is 0 Å². The van der Waals surface area contributed by atoms with Crippen molar-refractivity contribution in [2.24, 2.45) is 5.73 Å². The molecular formula is C11H11N3. The second-order valence-corrected chi connectivity index (χ2v) is 2.98. The molecule has 0 aliphatic carbocycles. The van der Waals surface area contributed by atoms with Gasteiger partial charge in [0, 0.05) is 18.4 Å². The summed E-state index contributed by atoms with van der Waals surface area (Å²) in [5, 5.41) is 7.99. The van der Waals surface area contributed by atoms with Crippen molar-refractivity contribution in [2.75, 3.05) is 6.54 Å². The van der Waals surface area contributed by atoms with Gasteiger partial charge in [0.2, 0.25) is 0 Å². The summed E-state index contributed by atoms with van der Waals surface area (Å²) in [7, 11) is 0. The molecule has 2 aromatic rings. The summed E-state index contributed by atoms with van der Waals surface area (Å²) in [4.78, 5) is 0. The summed E-state index contributed by atoms with van der Waals surface area (Å²) >= 11 is 0. The molecule has 0 spiro atoms. The van der Waals surface area contributed by atoms with Crippen LogP contribution in [0, 0.1) is 11.8 Å². The molecule has 1 aromatic carbocycles. The predicted molar refractivity (Wildman–Crippen MR) is 56.6 cm³/mol. The highest BCUT2D eigenvalue weighted by molar-refractivity contribution is 5.83. The summed E-state index contributed by atoms with van der Waals surface area (Å²) in [5.74, 6) is 6.08. The smallest absolute Gasteiger partial charge is 0.0806 e. The normalized spacial score (nSPS) is 9.79. The van der Waals surface area contributed by atoms with E-state index in [4.69, 9.17) is 5.73 Å². The fourth-order valence-electron chi connectivity index (χ4n) is 1.30. The fraction of sp³-hybridized carbons (Fsp3) is 0.182. The molecule has 3 N–H and O–H groups in total. The lowest BCUT2D eigenvalue weighted by molar-refractivity contribution is 1.03. The first-order valence-corrected chi connectivity index (χ1v) is 4.53. The number of fused-ring (bicyclic) bond motifs is 1. The Bertz CT molecular complexity index is 488. The molecule has 2 rings (SSSR count). The summed E-state index contributed by atoms with van der Waals surface area (Å²) < 4.78 is 0. The topological polar surface area (TPSA) is 54.7 Å². The number of aromatic nitrogens is 2. The Morgan fingerprint density at radius 1 is 1.43 bits per heavy atom. The number of H-pyrrole nitrogens is 1. The molecule has 0 aliphatic heterocycles. The van der Waals surface area contributed by atoms with Crippen LogP contribution in [0.2, 0.25) is 0 Å². The lowest BCUT2D eigenvalue weighted by atomic mass is 10.1. The van der Waals surface area contributed by atoms with E-state index >= 15 is 0 Å². The van der Waals surface area contributed by atoms with Crippen molar-refractivity contribution in [3.05, 3.63) is 30.0 Å². The lowest BCUT2D eigenvalue weighted by Crippen LogP contribution is -1.95. The summed E-state index contributed by atoms with van der Waals surface area (Å²) in [6.07, 6.45) is 2.52. The van der Waals surface area contributed by atoms with Crippen LogP contribution in [0.4, 0.5) is 0 Å². The number of aromatic amines is 1. The largest absolute Gasteiger partial charge is 0.330 e. The summed E-state index contributed by atoms with van der Waals surface area (Å²) in [6, 6.07) is 5.96. The zero-order valence-corrected chi connectivity index (χ0v) is 7.75. The van der Waals surface area contributed by atoms with Crippen molar-refractivity contribution in [3.8, 4) is 11.8 Å². The Morgan fingerprint density at radius 2 is 2.36 bits per heavy atom. The SMILES string of the molecule is NCCC#Cc1cccc2cn[nH]c12. The highest BCUT2D eigenvalue weighted by Gasteiger charge is 1.98. The Kier molecular flexibility index (Phi) is 2.48. The zero-order valence-electron chi connectivity index (χ0n) is 7.75. The maximum absolute atomic E-state index is 5.36. The highest BCUT2D eigenvalue weighted by Crippen LogP contribution is 2.13. The minimum Gasteiger partial charge on any atom is -0.330 e. The van der Waals surface area contributed by atoms with Gasteiger partial charge in [0.1, 0.15) is 0 Å². The van der Waals surface area contributed by atoms with Gasteiger partial charge in [-0.3, -0.25) is 5.10 Å². The van der Waals surface area contributed by atoms with Gasteiger partial charge in [-0.15, -0.1) is 0 Å². The number of rotatable bonds is 1. The van der Waals surface area contributed by atoms with Gasteiger partial charge in [0.05, 0.1) is 17.3 Å². The van der Waals surface area contributed by atoms with Crippen LogP contribution in [0.1, 0.15) is 12.0 Å². The maximum Gasteiger partial charge on any atom is 0.0806 e. The van der Waals surface area contributed by atoms with Gasteiger partial charge in [-0.05, 0) is 6.07 Å². The minimum absolute atomic E-state index is 0.603. The molecule has 0 fully saturated rings. The second kappa shape index (κ2) is 3.95. The zero-order chi connectivity index (χ0) is 9.80. The molecule has 70 valence electrons. The van der Waals surface area contributed by atoms with E-state index in [1.807, 2.05) is 18.2 Å². The van der Waals surface area contributed by atoms with Crippen LogP contribution >= 0.6 is 0 Å². The van der Waals surface area contributed by atoms with Gasteiger partial charge in [-0.25, -0.2) is 0 Å². The van der Waals surface area contributed by atoms with Crippen LogP contribution in [0.25, 0.3) is 10.9 Å². The van der Waals surface area contributed by atoms with Gasteiger partial charge in [0.15, 0.2) is 0 Å². The molecule has 0 bridgehead atoms. The lowest BCUT2D eigenvalue weighted by Gasteiger charge is -1.91. The first-order valence-electron chi connectivity index (χ1n) is 4.53. The Labute approximate surface area is 82.3 Å². The van der Waals surface area contributed by atoms with Crippen LogP contribution in [0.15, 0.2) is 24.4 Å². The number of nitrogens with two attached hydrogens (primary N) is 1. The highest BCUT2D eigenvalue weighted by atomic mass is 15.1. The maximum atomic E-state index is 5.36. The standard InChI is InChI=1S/C11H11N3/c12-7-2-1-4-9-5-3-6-10-8-13-14-11(9)10/h3,5-6,8H,2,7,12H2,(H,13,14). The third-order valence-corrected chi connectivity index (χ3v) is 1.97. The fourth-order valence-corrected chi connectivity index (χ4v) is 1.30. The average Bonchev–Trinajstić information content (AvgIpc) is 2.67. The number of benzene rings is 1. The molecule has 0 aliphatic rings. The van der Waals surface area contributed by atoms with Gasteiger partial charge >= 0.3 is 0 Å². The first-order chi connectivity index (χ1) is 6.92. The number of nitrogens with one attached hydrogen (secondary N) is 1. The van der Waals surface area contributed by atoms with Crippen LogP contribution in [-0.4, -0.2) is 16.7 Å². The second-order valence-electron chi connectivity index (χ2n) is 2.98. The Morgan fingerprint density at radius 3 is 3.21 bits per heavy atom. The molecule has 3 nitrogen and oxygen atoms in total. The van der Waals surface area contributed by atoms with E-state index in [2.05, 4.69) is 22.0 Å². The number of nitrogens with zero attached hydrogens (tertiary/aromatic N) is 1. The molecule has 1 heterocycles. The van der Waals surface area contributed by atoms with E-state index in [-0.39, 0.29) is 0 Å². The van der Waals surface area contributed by atoms with Crippen molar-refractivity contribution >= 4 is 10.9 Å². The molecule has 0 saturated carbocycles. The molecule has 0 saturated heterocycles. The number of para-hydroxylation sites is 1. The van der Waals surface area contributed by atoms with Crippen molar-refractivity contribution in [1.29, 1.82) is 0 Å². The quantitative estimate of drug-likeness (QED) is 0.657. The van der Waals surface area contributed by atoms with Crippen LogP contribution in [0.5, 0.6) is 0 Å². The van der Waals surface area contributed by atoms with Crippen molar-refractivity contribution < 1.29 is 0 Å². The van der Waals surface area contributed by atoms with Crippen molar-refractivity contribution in [2.45, 2.75) is 6.42 Å². The average molecular weight is 185 g/mol. The molecule has 3 heteroatoms. The van der Waals surface area contributed by atoms with Crippen LogP contribution < -0.4 is 5.73 Å². The molecule has 0 atom stereocenters. The van der Waals surface area contributed by atoms with Gasteiger partial charge in [0.25, 0.3) is 0 Å². The van der Waals surface area contributed by atoms with Gasteiger partial charge in [-0.1, -0.05) is 24.0 Å². The number of hydrogen-bond acceptors (Lipinski definition) is 2. The molecule has 0 unspecified atom stereocenters. The van der Waals surface area contributed by atoms with Gasteiger partial charge in [-0.2, -0.15) is 5.10 Å². The molecule has 14 heavy (non-hydrogen) atoms. The Hall–Kier alpha value is -1.79. The summed E-state index contributed by atoms with van der Waals surface area (Å²) in [5.41, 5.74) is 7.34. The first kappa shape index (κ1) is 8.79. The third-order valence-electron chi connectivity index (χ3n) is 1.97. The summed E-state index contributed by atoms with van der Waals surface area (Å²) in [6.45, 7) is 0.603. The molecule has 0 amide bonds. The van der Waals surface area contributed by atoms with E-state index in [1.165, 1.54) is 0 Å². The molecule has 1 aromatic heterocycles. The van der Waals surface area contributed by atoms with E-state index in [0.29, 0.717) is 6.54 Å². The van der Waals surface area contributed by atoms with E-state index in [1.54, 1.807) is 6.20 Å². The minimum atomic E-state index is 0.603. The number of hydrogen-bond donors (Lipinski definition) is 2. The Balaban J connectivity index is 2.43. The van der Waals surface area contributed by atoms with Gasteiger partial charge < -0.3 is 5.73 Å². The van der Waals surface area contributed by atoms with Crippen LogP contribution in [-0.2, 0) is 0 Å².